The number of nitrogens with zero attached hydrogens (tertiary/aromatic N) is 1. The molecule has 0 aliphatic carbocycles. The predicted octanol–water partition coefficient (Wildman–Crippen LogP) is 2.30. The zero-order valence-corrected chi connectivity index (χ0v) is 10.6. The molecule has 7 heteroatoms. The van der Waals surface area contributed by atoms with Gasteiger partial charge in [0.1, 0.15) is 12.3 Å². The monoisotopic (exact) mass is 276 g/mol. The zero-order chi connectivity index (χ0) is 14.6. The molecule has 106 valence electrons. The maximum Gasteiger partial charge on any atom is 0.406 e. The van der Waals surface area contributed by atoms with Crippen LogP contribution in [0.2, 0.25) is 0 Å². The van der Waals surface area contributed by atoms with Crippen LogP contribution in [0.3, 0.4) is 0 Å². The number of carbonyl (C=O) groups excluding carboxylic acids is 1. The van der Waals surface area contributed by atoms with E-state index in [1.54, 1.807) is 0 Å². The lowest BCUT2D eigenvalue weighted by Crippen LogP contribution is -2.39. The van der Waals surface area contributed by atoms with E-state index in [2.05, 4.69) is 0 Å². The van der Waals surface area contributed by atoms with Crippen molar-refractivity contribution in [1.82, 2.24) is 4.90 Å². The van der Waals surface area contributed by atoms with Crippen LogP contribution in [0, 0.1) is 0 Å². The number of halogens is 3. The van der Waals surface area contributed by atoms with Crippen molar-refractivity contribution in [1.29, 1.82) is 0 Å². The van der Waals surface area contributed by atoms with Crippen LogP contribution in [-0.2, 0) is 0 Å². The fourth-order valence-electron chi connectivity index (χ4n) is 1.62. The van der Waals surface area contributed by atoms with Crippen molar-refractivity contribution in [3.8, 4) is 5.75 Å². The number of hydrogen-bond donors (Lipinski definition) is 1. The van der Waals surface area contributed by atoms with Crippen molar-refractivity contribution in [2.24, 2.45) is 0 Å². The molecule has 0 spiro atoms. The van der Waals surface area contributed by atoms with Crippen molar-refractivity contribution in [2.75, 3.05) is 25.9 Å². The van der Waals surface area contributed by atoms with Crippen LogP contribution in [-0.4, -0.2) is 37.2 Å². The molecule has 1 aromatic carbocycles. The smallest absolute Gasteiger partial charge is 0.406 e. The Kier molecular flexibility index (Phi) is 4.63. The number of alkyl halides is 3. The molecule has 0 saturated carbocycles. The van der Waals surface area contributed by atoms with Crippen molar-refractivity contribution < 1.29 is 22.7 Å². The second-order valence-electron chi connectivity index (χ2n) is 3.86. The summed E-state index contributed by atoms with van der Waals surface area (Å²) >= 11 is 0. The average Bonchev–Trinajstić information content (AvgIpc) is 2.34. The van der Waals surface area contributed by atoms with Crippen molar-refractivity contribution in [2.45, 2.75) is 13.1 Å². The molecule has 2 N–H and O–H groups in total. The Morgan fingerprint density at radius 3 is 2.53 bits per heavy atom. The summed E-state index contributed by atoms with van der Waals surface area (Å²) < 4.78 is 42.0. The molecule has 0 bridgehead atoms. The number of benzene rings is 1. The fourth-order valence-corrected chi connectivity index (χ4v) is 1.62. The first-order chi connectivity index (χ1) is 8.80. The molecule has 4 nitrogen and oxygen atoms in total. The molecule has 0 aromatic heterocycles. The van der Waals surface area contributed by atoms with Gasteiger partial charge in [-0.1, -0.05) is 6.07 Å². The summed E-state index contributed by atoms with van der Waals surface area (Å²) in [4.78, 5) is 12.7. The minimum atomic E-state index is -4.45. The van der Waals surface area contributed by atoms with Crippen LogP contribution in [0.25, 0.3) is 0 Å². The van der Waals surface area contributed by atoms with E-state index in [1.165, 1.54) is 32.2 Å². The number of para-hydroxylation sites is 1. The number of nitrogen functional groups attached to an aromatic ring is 1. The molecule has 0 heterocycles. The molecule has 0 aliphatic heterocycles. The second-order valence-corrected chi connectivity index (χ2v) is 3.86. The SMILES string of the molecule is CCN(CC(F)(F)F)C(=O)c1cccc(OC)c1N. The summed E-state index contributed by atoms with van der Waals surface area (Å²) in [6, 6.07) is 4.41. The summed E-state index contributed by atoms with van der Waals surface area (Å²) in [6.45, 7) is 0.105. The van der Waals surface area contributed by atoms with Gasteiger partial charge in [-0.2, -0.15) is 13.2 Å². The van der Waals surface area contributed by atoms with Gasteiger partial charge in [0, 0.05) is 6.54 Å². The highest BCUT2D eigenvalue weighted by Gasteiger charge is 2.33. The van der Waals surface area contributed by atoms with E-state index in [0.717, 1.165) is 0 Å². The Balaban J connectivity index is 3.04. The molecule has 0 saturated heterocycles. The number of anilines is 1. The van der Waals surface area contributed by atoms with Crippen molar-refractivity contribution >= 4 is 11.6 Å². The molecule has 0 fully saturated rings. The first-order valence-electron chi connectivity index (χ1n) is 5.58. The number of hydrogen-bond acceptors (Lipinski definition) is 3. The van der Waals surface area contributed by atoms with Gasteiger partial charge < -0.3 is 15.4 Å². The molecule has 0 unspecified atom stereocenters. The lowest BCUT2D eigenvalue weighted by Gasteiger charge is -2.23. The van der Waals surface area contributed by atoms with Gasteiger partial charge in [0.2, 0.25) is 0 Å². The summed E-state index contributed by atoms with van der Waals surface area (Å²) in [5.74, 6) is -0.509. The minimum Gasteiger partial charge on any atom is -0.495 e. The molecule has 19 heavy (non-hydrogen) atoms. The third-order valence-electron chi connectivity index (χ3n) is 2.56. The molecule has 1 amide bonds. The van der Waals surface area contributed by atoms with Gasteiger partial charge in [0.15, 0.2) is 0 Å². The van der Waals surface area contributed by atoms with E-state index in [4.69, 9.17) is 10.5 Å². The van der Waals surface area contributed by atoms with E-state index in [1.807, 2.05) is 0 Å². The van der Waals surface area contributed by atoms with Crippen LogP contribution in [0.15, 0.2) is 18.2 Å². The fraction of sp³-hybridized carbons (Fsp3) is 0.417. The van der Waals surface area contributed by atoms with E-state index in [0.29, 0.717) is 4.90 Å². The quantitative estimate of drug-likeness (QED) is 0.858. The Bertz CT molecular complexity index is 461. The van der Waals surface area contributed by atoms with Crippen LogP contribution >= 0.6 is 0 Å². The molecule has 1 rings (SSSR count). The summed E-state index contributed by atoms with van der Waals surface area (Å²) in [7, 11) is 1.37. The topological polar surface area (TPSA) is 55.6 Å². The maximum absolute atomic E-state index is 12.4. The first-order valence-corrected chi connectivity index (χ1v) is 5.58. The second kappa shape index (κ2) is 5.81. The Labute approximate surface area is 108 Å². The standard InChI is InChI=1S/C12H15F3N2O2/c1-3-17(7-12(13,14)15)11(18)8-5-4-6-9(19-2)10(8)16/h4-6H,3,7,16H2,1-2H3. The van der Waals surface area contributed by atoms with Crippen molar-refractivity contribution in [3.05, 3.63) is 23.8 Å². The van der Waals surface area contributed by atoms with Crippen LogP contribution in [0.4, 0.5) is 18.9 Å². The summed E-state index contributed by atoms with van der Waals surface area (Å²) in [5.41, 5.74) is 5.74. The number of methoxy groups -OCH3 is 1. The van der Waals surface area contributed by atoms with Gasteiger partial charge >= 0.3 is 6.18 Å². The molecule has 0 radical (unpaired) electrons. The molecular formula is C12H15F3N2O2. The van der Waals surface area contributed by atoms with Gasteiger partial charge in [-0.25, -0.2) is 0 Å². The highest BCUT2D eigenvalue weighted by Crippen LogP contribution is 2.26. The van der Waals surface area contributed by atoms with Crippen molar-refractivity contribution in [3.63, 3.8) is 0 Å². The molecule has 0 aliphatic rings. The van der Waals surface area contributed by atoms with Crippen LogP contribution in [0.1, 0.15) is 17.3 Å². The van der Waals surface area contributed by atoms with Gasteiger partial charge in [0.25, 0.3) is 5.91 Å². The number of ether oxygens (including phenoxy) is 1. The Morgan fingerprint density at radius 1 is 1.42 bits per heavy atom. The highest BCUT2D eigenvalue weighted by molar-refractivity contribution is 6.00. The lowest BCUT2D eigenvalue weighted by molar-refractivity contribution is -0.140. The van der Waals surface area contributed by atoms with Gasteiger partial charge in [-0.15, -0.1) is 0 Å². The zero-order valence-electron chi connectivity index (χ0n) is 10.6. The highest BCUT2D eigenvalue weighted by atomic mass is 19.4. The number of rotatable bonds is 4. The average molecular weight is 276 g/mol. The van der Waals surface area contributed by atoms with Gasteiger partial charge in [-0.3, -0.25) is 4.79 Å². The normalized spacial score (nSPS) is 11.2. The molecule has 1 aromatic rings. The van der Waals surface area contributed by atoms with Crippen LogP contribution in [0.5, 0.6) is 5.75 Å². The first kappa shape index (κ1) is 15.1. The number of carbonyl (C=O) groups is 1. The van der Waals surface area contributed by atoms with Crippen LogP contribution < -0.4 is 10.5 Å². The van der Waals surface area contributed by atoms with Gasteiger partial charge in [0.05, 0.1) is 18.4 Å². The number of nitrogens with two attached hydrogens (primary N) is 1. The summed E-state index contributed by atoms with van der Waals surface area (Å²) in [5, 5.41) is 0. The van der Waals surface area contributed by atoms with Gasteiger partial charge in [-0.05, 0) is 19.1 Å². The largest absolute Gasteiger partial charge is 0.495 e. The van der Waals surface area contributed by atoms with E-state index in [9.17, 15) is 18.0 Å². The third-order valence-corrected chi connectivity index (χ3v) is 2.56. The molecule has 0 atom stereocenters. The Morgan fingerprint density at radius 2 is 2.05 bits per heavy atom. The minimum absolute atomic E-state index is 0.00505. The van der Waals surface area contributed by atoms with E-state index < -0.39 is 18.6 Å². The predicted molar refractivity (Wildman–Crippen MR) is 65.0 cm³/mol. The number of amides is 1. The molecular weight excluding hydrogens is 261 g/mol. The third kappa shape index (κ3) is 3.77. The van der Waals surface area contributed by atoms with E-state index >= 15 is 0 Å². The maximum atomic E-state index is 12.4. The summed E-state index contributed by atoms with van der Waals surface area (Å²) in [6.07, 6.45) is -4.45. The Hall–Kier alpha value is -1.92. The lowest BCUT2D eigenvalue weighted by atomic mass is 10.1. The van der Waals surface area contributed by atoms with E-state index in [-0.39, 0.29) is 23.5 Å².